The number of Topliss-reactive ketones (excluding diaryl/α,β-unsaturated/α-hetero) is 1. The lowest BCUT2D eigenvalue weighted by Gasteiger charge is -2.40. The molecule has 0 unspecified atom stereocenters. The van der Waals surface area contributed by atoms with Gasteiger partial charge in [0.05, 0.1) is 11.0 Å². The molecule has 8 heteroatoms. The van der Waals surface area contributed by atoms with Crippen LogP contribution in [0.25, 0.3) is 11.0 Å². The van der Waals surface area contributed by atoms with Crippen molar-refractivity contribution in [2.75, 3.05) is 5.32 Å². The Morgan fingerprint density at radius 3 is 2.50 bits per heavy atom. The normalized spacial score (nSPS) is 21.9. The third-order valence-corrected chi connectivity index (χ3v) is 7.26. The molecule has 0 radical (unpaired) electrons. The van der Waals surface area contributed by atoms with Crippen LogP contribution in [-0.2, 0) is 0 Å². The average Bonchev–Trinajstić information content (AvgIpc) is 3.50. The number of hydrogen-bond acceptors (Lipinski definition) is 4. The second-order valence-corrected chi connectivity index (χ2v) is 11.3. The van der Waals surface area contributed by atoms with Crippen LogP contribution in [0.1, 0.15) is 75.7 Å². The van der Waals surface area contributed by atoms with Gasteiger partial charge in [-0.05, 0) is 91.8 Å². The van der Waals surface area contributed by atoms with Crippen molar-refractivity contribution in [2.45, 2.75) is 71.7 Å². The Labute approximate surface area is 209 Å². The zero-order chi connectivity index (χ0) is 25.7. The molecule has 2 atom stereocenters. The number of imidazole rings is 1. The quantitative estimate of drug-likeness (QED) is 0.334. The number of hydrogen-bond donors (Lipinski definition) is 1. The Balaban J connectivity index is 1.51. The minimum atomic E-state index is -4.73. The summed E-state index contributed by atoms with van der Waals surface area (Å²) < 4.78 is 43.8. The molecule has 0 spiro atoms. The largest absolute Gasteiger partial charge is 0.573 e. The summed E-state index contributed by atoms with van der Waals surface area (Å²) in [4.78, 5) is 17.7. The molecule has 2 aromatic carbocycles. The van der Waals surface area contributed by atoms with E-state index in [1.54, 1.807) is 12.1 Å². The average molecular weight is 500 g/mol. The summed E-state index contributed by atoms with van der Waals surface area (Å²) in [6.07, 6.45) is 1.21. The van der Waals surface area contributed by atoms with Crippen LogP contribution >= 0.6 is 0 Å². The van der Waals surface area contributed by atoms with Gasteiger partial charge in [-0.1, -0.05) is 20.8 Å². The highest BCUT2D eigenvalue weighted by Crippen LogP contribution is 2.46. The lowest BCUT2D eigenvalue weighted by atomic mass is 9.70. The molecular formula is C28H32F3N3O2. The van der Waals surface area contributed by atoms with Gasteiger partial charge in [0.25, 0.3) is 0 Å². The van der Waals surface area contributed by atoms with Crippen LogP contribution in [0.15, 0.2) is 42.5 Å². The van der Waals surface area contributed by atoms with Crippen molar-refractivity contribution in [2.24, 2.45) is 17.3 Å². The van der Waals surface area contributed by atoms with Crippen molar-refractivity contribution in [3.63, 3.8) is 0 Å². The van der Waals surface area contributed by atoms with Crippen LogP contribution < -0.4 is 10.1 Å². The summed E-state index contributed by atoms with van der Waals surface area (Å²) in [5.41, 5.74) is 3.17. The van der Waals surface area contributed by atoms with Crippen molar-refractivity contribution in [1.29, 1.82) is 0 Å². The summed E-state index contributed by atoms with van der Waals surface area (Å²) in [6.45, 7) is 6.84. The van der Waals surface area contributed by atoms with Crippen molar-refractivity contribution >= 4 is 28.5 Å². The smallest absolute Gasteiger partial charge is 0.406 e. The second kappa shape index (κ2) is 9.12. The standard InChI is InChI=1S/C28H32F3N3O2/c1-17-12-21(16-27(2,3)15-17)34-24-14-19(25(35)13-18-4-5-18)6-11-23(24)33-26(34)32-20-7-9-22(10-8-20)36-28(29,30)31/h6-11,14,17-18,21H,4-5,12-13,15-16H2,1-3H3,(H,32,33)/t17-,21+/m1/s1. The van der Waals surface area contributed by atoms with E-state index in [4.69, 9.17) is 4.98 Å². The van der Waals surface area contributed by atoms with Crippen molar-refractivity contribution < 1.29 is 22.7 Å². The second-order valence-electron chi connectivity index (χ2n) is 11.3. The highest BCUT2D eigenvalue weighted by atomic mass is 19.4. The maximum Gasteiger partial charge on any atom is 0.573 e. The fourth-order valence-corrected chi connectivity index (χ4v) is 5.79. The van der Waals surface area contributed by atoms with Gasteiger partial charge in [0, 0.05) is 23.7 Å². The lowest BCUT2D eigenvalue weighted by molar-refractivity contribution is -0.274. The van der Waals surface area contributed by atoms with Crippen molar-refractivity contribution in [3.8, 4) is 5.75 Å². The summed E-state index contributed by atoms with van der Waals surface area (Å²) in [6, 6.07) is 11.5. The number of halogens is 3. The molecule has 0 amide bonds. The molecule has 2 aliphatic carbocycles. The third kappa shape index (κ3) is 5.68. The molecule has 1 N–H and O–H groups in total. The molecule has 5 nitrogen and oxygen atoms in total. The van der Waals surface area contributed by atoms with Crippen molar-refractivity contribution in [1.82, 2.24) is 9.55 Å². The molecule has 1 aromatic heterocycles. The Kier molecular flexibility index (Phi) is 6.25. The number of anilines is 2. The van der Waals surface area contributed by atoms with Crippen molar-refractivity contribution in [3.05, 3.63) is 48.0 Å². The van der Waals surface area contributed by atoms with Gasteiger partial charge in [0.2, 0.25) is 5.95 Å². The summed E-state index contributed by atoms with van der Waals surface area (Å²) in [5, 5.41) is 3.31. The topological polar surface area (TPSA) is 56.1 Å². The number of aromatic nitrogens is 2. The molecule has 2 fully saturated rings. The molecule has 5 rings (SSSR count). The highest BCUT2D eigenvalue weighted by Gasteiger charge is 2.35. The van der Waals surface area contributed by atoms with E-state index in [0.717, 1.165) is 43.1 Å². The van der Waals surface area contributed by atoms with E-state index in [1.807, 2.05) is 18.2 Å². The molecule has 192 valence electrons. The predicted molar refractivity (Wildman–Crippen MR) is 134 cm³/mol. The van der Waals surface area contributed by atoms with Crippen LogP contribution in [0.4, 0.5) is 24.8 Å². The van der Waals surface area contributed by atoms with Crippen LogP contribution in [0.5, 0.6) is 5.75 Å². The zero-order valence-electron chi connectivity index (χ0n) is 20.9. The number of ketones is 1. The van der Waals surface area contributed by atoms with E-state index in [0.29, 0.717) is 35.5 Å². The molecule has 3 aromatic rings. The van der Waals surface area contributed by atoms with Crippen LogP contribution in [0.2, 0.25) is 0 Å². The van der Waals surface area contributed by atoms with E-state index < -0.39 is 6.36 Å². The first-order valence-electron chi connectivity index (χ1n) is 12.6. The van der Waals surface area contributed by atoms with Gasteiger partial charge in [-0.25, -0.2) is 4.98 Å². The van der Waals surface area contributed by atoms with Gasteiger partial charge >= 0.3 is 6.36 Å². The number of benzene rings is 2. The minimum absolute atomic E-state index is 0.159. The zero-order valence-corrected chi connectivity index (χ0v) is 20.9. The number of rotatable bonds is 7. The number of nitrogens with zero attached hydrogens (tertiary/aromatic N) is 2. The van der Waals surface area contributed by atoms with E-state index in [1.165, 1.54) is 12.1 Å². The van der Waals surface area contributed by atoms with Gasteiger partial charge in [-0.3, -0.25) is 4.79 Å². The Bertz CT molecular complexity index is 1260. The Hall–Kier alpha value is -3.03. The molecule has 36 heavy (non-hydrogen) atoms. The summed E-state index contributed by atoms with van der Waals surface area (Å²) in [7, 11) is 0. The molecule has 0 saturated heterocycles. The maximum absolute atomic E-state index is 12.9. The molecule has 1 heterocycles. The minimum Gasteiger partial charge on any atom is -0.406 e. The monoisotopic (exact) mass is 499 g/mol. The first kappa shape index (κ1) is 24.7. The van der Waals surface area contributed by atoms with Crippen LogP contribution in [-0.4, -0.2) is 21.7 Å². The SMILES string of the molecule is C[C@@H]1C[C@H](n2c(Nc3ccc(OC(F)(F)F)cc3)nc3ccc(C(=O)CC4CC4)cc32)CC(C)(C)C1. The van der Waals surface area contributed by atoms with E-state index in [9.17, 15) is 18.0 Å². The lowest BCUT2D eigenvalue weighted by Crippen LogP contribution is -2.29. The third-order valence-electron chi connectivity index (χ3n) is 7.26. The summed E-state index contributed by atoms with van der Waals surface area (Å²) in [5.74, 6) is 1.56. The van der Waals surface area contributed by atoms with Gasteiger partial charge in [0.15, 0.2) is 5.78 Å². The fourth-order valence-electron chi connectivity index (χ4n) is 5.79. The van der Waals surface area contributed by atoms with Gasteiger partial charge in [-0.15, -0.1) is 13.2 Å². The molecule has 0 bridgehead atoms. The molecule has 2 aliphatic rings. The number of ether oxygens (including phenoxy) is 1. The number of carbonyl (C=O) groups excluding carboxylic acids is 1. The number of carbonyl (C=O) groups is 1. The highest BCUT2D eigenvalue weighted by molar-refractivity contribution is 5.99. The van der Waals surface area contributed by atoms with Crippen LogP contribution in [0.3, 0.4) is 0 Å². The number of alkyl halides is 3. The van der Waals surface area contributed by atoms with Crippen LogP contribution in [0, 0.1) is 17.3 Å². The van der Waals surface area contributed by atoms with E-state index >= 15 is 0 Å². The Morgan fingerprint density at radius 2 is 1.86 bits per heavy atom. The predicted octanol–water partition coefficient (Wildman–Crippen LogP) is 8.05. The van der Waals surface area contributed by atoms with E-state index in [-0.39, 0.29) is 23.0 Å². The van der Waals surface area contributed by atoms with E-state index in [2.05, 4.69) is 35.4 Å². The maximum atomic E-state index is 12.9. The van der Waals surface area contributed by atoms with Gasteiger partial charge in [0.1, 0.15) is 5.75 Å². The fraction of sp³-hybridized carbons (Fsp3) is 0.500. The first-order chi connectivity index (χ1) is 17.0. The first-order valence-corrected chi connectivity index (χ1v) is 12.6. The number of nitrogens with one attached hydrogen (secondary N) is 1. The molecule has 2 saturated carbocycles. The molecular weight excluding hydrogens is 467 g/mol. The Morgan fingerprint density at radius 1 is 1.14 bits per heavy atom. The number of fused-ring (bicyclic) bond motifs is 1. The van der Waals surface area contributed by atoms with Gasteiger partial charge in [-0.2, -0.15) is 0 Å². The summed E-state index contributed by atoms with van der Waals surface area (Å²) >= 11 is 0. The van der Waals surface area contributed by atoms with Gasteiger partial charge < -0.3 is 14.6 Å². The molecule has 0 aliphatic heterocycles.